The smallest absolute Gasteiger partial charge is 0.222 e. The largest absolute Gasteiger partial charge is 0.378 e. The number of hydrogen-bond acceptors (Lipinski definition) is 3. The molecular formula is C19H25N3O2. The fourth-order valence-electron chi connectivity index (χ4n) is 3.91. The number of benzene rings is 1. The van der Waals surface area contributed by atoms with E-state index in [9.17, 15) is 4.79 Å². The van der Waals surface area contributed by atoms with E-state index in [-0.39, 0.29) is 5.91 Å². The minimum absolute atomic E-state index is 0.270. The maximum atomic E-state index is 12.5. The van der Waals surface area contributed by atoms with Crippen molar-refractivity contribution < 1.29 is 9.53 Å². The maximum Gasteiger partial charge on any atom is 0.222 e. The van der Waals surface area contributed by atoms with Crippen LogP contribution in [0.25, 0.3) is 11.0 Å². The van der Waals surface area contributed by atoms with Crippen LogP contribution in [0.1, 0.15) is 50.3 Å². The van der Waals surface area contributed by atoms with E-state index in [4.69, 9.17) is 9.72 Å². The van der Waals surface area contributed by atoms with Crippen LogP contribution in [0.15, 0.2) is 24.3 Å². The molecule has 0 spiro atoms. The molecule has 3 heterocycles. The fourth-order valence-corrected chi connectivity index (χ4v) is 3.91. The number of aromatic nitrogens is 2. The van der Waals surface area contributed by atoms with Crippen molar-refractivity contribution in [3.63, 3.8) is 0 Å². The Morgan fingerprint density at radius 3 is 3.04 bits per heavy atom. The van der Waals surface area contributed by atoms with Gasteiger partial charge in [0.25, 0.3) is 0 Å². The molecule has 2 saturated heterocycles. The summed E-state index contributed by atoms with van der Waals surface area (Å²) < 4.78 is 5.63. The van der Waals surface area contributed by atoms with E-state index in [1.54, 1.807) is 0 Å². The number of aromatic amines is 1. The Hall–Kier alpha value is -1.88. The summed E-state index contributed by atoms with van der Waals surface area (Å²) in [6.45, 7) is 2.52. The molecule has 1 N–H and O–H groups in total. The molecule has 2 unspecified atom stereocenters. The van der Waals surface area contributed by atoms with Gasteiger partial charge >= 0.3 is 0 Å². The summed E-state index contributed by atoms with van der Waals surface area (Å²) in [5.74, 6) is 1.61. The van der Waals surface area contributed by atoms with Gasteiger partial charge in [-0.1, -0.05) is 12.1 Å². The molecule has 5 heteroatoms. The quantitative estimate of drug-likeness (QED) is 0.938. The second-order valence-electron chi connectivity index (χ2n) is 6.99. The first-order valence-corrected chi connectivity index (χ1v) is 9.13. The lowest BCUT2D eigenvalue weighted by Gasteiger charge is -2.32. The zero-order valence-corrected chi connectivity index (χ0v) is 14.0. The molecule has 128 valence electrons. The van der Waals surface area contributed by atoms with Crippen LogP contribution in [-0.2, 0) is 9.53 Å². The standard InChI is InChI=1S/C19H25N3O2/c23-18(10-9-15-6-4-12-24-15)22-11-3-5-14(13-22)19-20-16-7-1-2-8-17(16)21-19/h1-2,7-8,14-15H,3-6,9-13H2,(H,20,21). The van der Waals surface area contributed by atoms with Crippen LogP contribution in [-0.4, -0.2) is 46.6 Å². The van der Waals surface area contributed by atoms with Gasteiger partial charge in [0.1, 0.15) is 5.82 Å². The molecule has 2 fully saturated rings. The number of para-hydroxylation sites is 2. The summed E-state index contributed by atoms with van der Waals surface area (Å²) in [6, 6.07) is 8.11. The number of nitrogens with zero attached hydrogens (tertiary/aromatic N) is 2. The van der Waals surface area contributed by atoms with Crippen molar-refractivity contribution in [2.45, 2.75) is 50.5 Å². The second kappa shape index (κ2) is 6.93. The number of hydrogen-bond donors (Lipinski definition) is 1. The molecule has 5 nitrogen and oxygen atoms in total. The van der Waals surface area contributed by atoms with Crippen molar-refractivity contribution in [3.8, 4) is 0 Å². The van der Waals surface area contributed by atoms with E-state index >= 15 is 0 Å². The lowest BCUT2D eigenvalue weighted by Crippen LogP contribution is -2.39. The van der Waals surface area contributed by atoms with Gasteiger partial charge in [0.15, 0.2) is 0 Å². The van der Waals surface area contributed by atoms with Crippen LogP contribution in [0, 0.1) is 0 Å². The molecule has 24 heavy (non-hydrogen) atoms. The van der Waals surface area contributed by atoms with E-state index in [1.807, 2.05) is 23.1 Å². The van der Waals surface area contributed by atoms with Gasteiger partial charge in [-0.2, -0.15) is 0 Å². The van der Waals surface area contributed by atoms with E-state index < -0.39 is 0 Å². The predicted octanol–water partition coefficient (Wildman–Crippen LogP) is 3.23. The van der Waals surface area contributed by atoms with E-state index in [1.165, 1.54) is 0 Å². The molecule has 2 atom stereocenters. The summed E-state index contributed by atoms with van der Waals surface area (Å²) in [6.07, 6.45) is 6.15. The molecule has 0 saturated carbocycles. The van der Waals surface area contributed by atoms with Crippen LogP contribution in [0.3, 0.4) is 0 Å². The summed E-state index contributed by atoms with van der Waals surface area (Å²) in [4.78, 5) is 22.7. The van der Waals surface area contributed by atoms with Crippen molar-refractivity contribution >= 4 is 16.9 Å². The Balaban J connectivity index is 1.38. The van der Waals surface area contributed by atoms with Gasteiger partial charge in [-0.25, -0.2) is 4.98 Å². The summed E-state index contributed by atoms with van der Waals surface area (Å²) in [7, 11) is 0. The van der Waals surface area contributed by atoms with Gasteiger partial charge in [0.05, 0.1) is 17.1 Å². The highest BCUT2D eigenvalue weighted by molar-refractivity contribution is 5.77. The van der Waals surface area contributed by atoms with Gasteiger partial charge in [-0.05, 0) is 44.2 Å². The van der Waals surface area contributed by atoms with Gasteiger partial charge in [-0.15, -0.1) is 0 Å². The number of fused-ring (bicyclic) bond motifs is 1. The SMILES string of the molecule is O=C(CCC1CCCO1)N1CCCC(c2nc3ccccc3[nH]2)C1. The highest BCUT2D eigenvalue weighted by atomic mass is 16.5. The normalized spacial score (nSPS) is 24.6. The van der Waals surface area contributed by atoms with Crippen molar-refractivity contribution in [1.29, 1.82) is 0 Å². The number of likely N-dealkylation sites (tertiary alicyclic amines) is 1. The topological polar surface area (TPSA) is 58.2 Å². The molecule has 0 bridgehead atoms. The van der Waals surface area contributed by atoms with Gasteiger partial charge in [0.2, 0.25) is 5.91 Å². The number of amides is 1. The molecule has 1 amide bonds. The zero-order chi connectivity index (χ0) is 16.4. The molecule has 1 aromatic carbocycles. The number of H-pyrrole nitrogens is 1. The number of rotatable bonds is 4. The Morgan fingerprint density at radius 2 is 2.21 bits per heavy atom. The molecule has 2 aliphatic heterocycles. The Bertz CT molecular complexity index is 672. The van der Waals surface area contributed by atoms with Crippen molar-refractivity contribution in [1.82, 2.24) is 14.9 Å². The first-order valence-electron chi connectivity index (χ1n) is 9.13. The lowest BCUT2D eigenvalue weighted by atomic mass is 9.97. The number of nitrogens with one attached hydrogen (secondary N) is 1. The van der Waals surface area contributed by atoms with E-state index in [0.717, 1.165) is 68.7 Å². The summed E-state index contributed by atoms with van der Waals surface area (Å²) >= 11 is 0. The third-order valence-corrected chi connectivity index (χ3v) is 5.27. The van der Waals surface area contributed by atoms with Crippen molar-refractivity contribution in [3.05, 3.63) is 30.1 Å². The third kappa shape index (κ3) is 3.31. The molecular weight excluding hydrogens is 302 g/mol. The highest BCUT2D eigenvalue weighted by Crippen LogP contribution is 2.27. The Morgan fingerprint density at radius 1 is 1.29 bits per heavy atom. The first-order chi connectivity index (χ1) is 11.8. The summed E-state index contributed by atoms with van der Waals surface area (Å²) in [5.41, 5.74) is 2.09. The van der Waals surface area contributed by atoms with Crippen LogP contribution >= 0.6 is 0 Å². The zero-order valence-electron chi connectivity index (χ0n) is 14.0. The molecule has 0 aliphatic carbocycles. The van der Waals surface area contributed by atoms with Gasteiger partial charge < -0.3 is 14.6 Å². The van der Waals surface area contributed by atoms with Crippen LogP contribution in [0.5, 0.6) is 0 Å². The van der Waals surface area contributed by atoms with E-state index in [0.29, 0.717) is 18.4 Å². The van der Waals surface area contributed by atoms with Crippen molar-refractivity contribution in [2.75, 3.05) is 19.7 Å². The number of piperidine rings is 1. The van der Waals surface area contributed by atoms with Gasteiger partial charge in [-0.3, -0.25) is 4.79 Å². The van der Waals surface area contributed by atoms with E-state index in [2.05, 4.69) is 11.1 Å². The number of ether oxygens (including phenoxy) is 1. The average Bonchev–Trinajstić information content (AvgIpc) is 3.29. The average molecular weight is 327 g/mol. The minimum atomic E-state index is 0.270. The van der Waals surface area contributed by atoms with Crippen LogP contribution in [0.2, 0.25) is 0 Å². The lowest BCUT2D eigenvalue weighted by molar-refractivity contribution is -0.133. The molecule has 0 radical (unpaired) electrons. The number of imidazole rings is 1. The summed E-state index contributed by atoms with van der Waals surface area (Å²) in [5, 5.41) is 0. The Kier molecular flexibility index (Phi) is 4.52. The monoisotopic (exact) mass is 327 g/mol. The predicted molar refractivity (Wildman–Crippen MR) is 92.9 cm³/mol. The number of carbonyl (C=O) groups is 1. The molecule has 2 aromatic rings. The van der Waals surface area contributed by atoms with Crippen LogP contribution in [0.4, 0.5) is 0 Å². The van der Waals surface area contributed by atoms with Crippen LogP contribution < -0.4 is 0 Å². The van der Waals surface area contributed by atoms with Gasteiger partial charge in [0, 0.05) is 32.0 Å². The highest BCUT2D eigenvalue weighted by Gasteiger charge is 2.27. The number of carbonyl (C=O) groups excluding carboxylic acids is 1. The first kappa shape index (κ1) is 15.6. The molecule has 4 rings (SSSR count). The molecule has 1 aromatic heterocycles. The third-order valence-electron chi connectivity index (χ3n) is 5.27. The van der Waals surface area contributed by atoms with Crippen molar-refractivity contribution in [2.24, 2.45) is 0 Å². The second-order valence-corrected chi connectivity index (χ2v) is 6.99. The minimum Gasteiger partial charge on any atom is -0.378 e. The Labute approximate surface area is 142 Å². The fraction of sp³-hybridized carbons (Fsp3) is 0.579. The maximum absolute atomic E-state index is 12.5. The molecule has 2 aliphatic rings.